The van der Waals surface area contributed by atoms with Crippen LogP contribution in [0, 0.1) is 5.92 Å². The predicted molar refractivity (Wildman–Crippen MR) is 93.4 cm³/mol. The minimum Gasteiger partial charge on any atom is -0.379 e. The minimum atomic E-state index is -4.49. The quantitative estimate of drug-likeness (QED) is 0.735. The summed E-state index contributed by atoms with van der Waals surface area (Å²) in [6.45, 7) is 1.11. The van der Waals surface area contributed by atoms with Gasteiger partial charge >= 0.3 is 6.18 Å². The first-order valence-electron chi connectivity index (χ1n) is 8.43. The van der Waals surface area contributed by atoms with Crippen LogP contribution >= 0.6 is 0 Å². The highest BCUT2D eigenvalue weighted by Gasteiger charge is 2.41. The third-order valence-corrected chi connectivity index (χ3v) is 6.05. The van der Waals surface area contributed by atoms with Gasteiger partial charge in [-0.3, -0.25) is 0 Å². The zero-order valence-electron chi connectivity index (χ0n) is 14.9. The summed E-state index contributed by atoms with van der Waals surface area (Å²) >= 11 is 0. The van der Waals surface area contributed by atoms with Crippen molar-refractivity contribution in [1.29, 1.82) is 0 Å². The summed E-state index contributed by atoms with van der Waals surface area (Å²) in [5, 5.41) is 0. The summed E-state index contributed by atoms with van der Waals surface area (Å²) < 4.78 is 72.1. The first kappa shape index (κ1) is 21.1. The lowest BCUT2D eigenvalue weighted by atomic mass is 9.96. The van der Waals surface area contributed by atoms with Gasteiger partial charge in [-0.1, -0.05) is 30.3 Å². The standard InChI is InChI=1S/C17H25F3N2O3S/c1-22(2)16-12-25-11-14(16)10-21-26(23,24)9-8-15(17(18,19)20)13-6-4-3-5-7-13/h3-7,14-16,21H,8-12H2,1-2H3/t14-,15?,16-/m1/s1. The van der Waals surface area contributed by atoms with Gasteiger partial charge in [0.2, 0.25) is 10.0 Å². The monoisotopic (exact) mass is 394 g/mol. The van der Waals surface area contributed by atoms with E-state index >= 15 is 0 Å². The highest BCUT2D eigenvalue weighted by molar-refractivity contribution is 7.89. The molecule has 1 heterocycles. The zero-order chi connectivity index (χ0) is 19.4. The molecule has 1 aromatic carbocycles. The molecule has 1 aliphatic rings. The lowest BCUT2D eigenvalue weighted by molar-refractivity contribution is -0.150. The van der Waals surface area contributed by atoms with E-state index in [1.54, 1.807) is 6.07 Å². The van der Waals surface area contributed by atoms with Crippen LogP contribution in [0.3, 0.4) is 0 Å². The maximum Gasteiger partial charge on any atom is 0.395 e. The zero-order valence-corrected chi connectivity index (χ0v) is 15.7. The summed E-state index contributed by atoms with van der Waals surface area (Å²) in [5.74, 6) is -2.40. The molecule has 3 atom stereocenters. The molecule has 0 bridgehead atoms. The number of benzene rings is 1. The Kier molecular flexibility index (Phi) is 7.06. The Hall–Kier alpha value is -1.16. The molecule has 0 aromatic heterocycles. The Labute approximate surface area is 152 Å². The van der Waals surface area contributed by atoms with Crippen LogP contribution in [0.5, 0.6) is 0 Å². The van der Waals surface area contributed by atoms with Crippen LogP contribution in [0.2, 0.25) is 0 Å². The SMILES string of the molecule is CN(C)[C@@H]1COC[C@H]1CNS(=O)(=O)CCC(c1ccccc1)C(F)(F)F. The molecule has 2 rings (SSSR count). The number of alkyl halides is 3. The van der Waals surface area contributed by atoms with Gasteiger partial charge in [0, 0.05) is 18.5 Å². The second kappa shape index (κ2) is 8.69. The van der Waals surface area contributed by atoms with Gasteiger partial charge < -0.3 is 9.64 Å². The van der Waals surface area contributed by atoms with Crippen molar-refractivity contribution in [3.63, 3.8) is 0 Å². The molecule has 148 valence electrons. The fourth-order valence-electron chi connectivity index (χ4n) is 3.14. The molecular formula is C17H25F3N2O3S. The van der Waals surface area contributed by atoms with E-state index in [4.69, 9.17) is 4.74 Å². The summed E-state index contributed by atoms with van der Waals surface area (Å²) in [7, 11) is -0.0385. The first-order valence-corrected chi connectivity index (χ1v) is 10.1. The van der Waals surface area contributed by atoms with E-state index < -0.39 is 34.3 Å². The Morgan fingerprint density at radius 2 is 1.88 bits per heavy atom. The van der Waals surface area contributed by atoms with Gasteiger partial charge in [-0.05, 0) is 26.1 Å². The van der Waals surface area contributed by atoms with Gasteiger partial charge in [0.1, 0.15) is 0 Å². The molecule has 1 unspecified atom stereocenters. The van der Waals surface area contributed by atoms with E-state index in [9.17, 15) is 21.6 Å². The van der Waals surface area contributed by atoms with Gasteiger partial charge in [-0.25, -0.2) is 13.1 Å². The topological polar surface area (TPSA) is 58.6 Å². The molecule has 0 saturated carbocycles. The van der Waals surface area contributed by atoms with Crippen LogP contribution in [-0.2, 0) is 14.8 Å². The Morgan fingerprint density at radius 3 is 2.46 bits per heavy atom. The second-order valence-corrected chi connectivity index (χ2v) is 8.72. The highest BCUT2D eigenvalue weighted by Crippen LogP contribution is 2.37. The predicted octanol–water partition coefficient (Wildman–Crippen LogP) is 2.22. The second-order valence-electron chi connectivity index (χ2n) is 6.79. The first-order chi connectivity index (χ1) is 12.1. The van der Waals surface area contributed by atoms with E-state index in [2.05, 4.69) is 4.72 Å². The van der Waals surface area contributed by atoms with Crippen molar-refractivity contribution in [2.75, 3.05) is 39.6 Å². The molecule has 1 N–H and O–H groups in total. The third-order valence-electron chi connectivity index (χ3n) is 4.67. The molecule has 1 fully saturated rings. The van der Waals surface area contributed by atoms with Crippen molar-refractivity contribution >= 4 is 10.0 Å². The largest absolute Gasteiger partial charge is 0.395 e. The van der Waals surface area contributed by atoms with E-state index in [1.807, 2.05) is 19.0 Å². The Balaban J connectivity index is 1.95. The molecule has 9 heteroatoms. The van der Waals surface area contributed by atoms with Crippen LogP contribution in [0.1, 0.15) is 17.9 Å². The van der Waals surface area contributed by atoms with Crippen molar-refractivity contribution in [1.82, 2.24) is 9.62 Å². The molecule has 26 heavy (non-hydrogen) atoms. The van der Waals surface area contributed by atoms with Crippen LogP contribution < -0.4 is 4.72 Å². The Bertz CT molecular complexity index is 666. The van der Waals surface area contributed by atoms with Crippen LogP contribution in [0.4, 0.5) is 13.2 Å². The van der Waals surface area contributed by atoms with Gasteiger partial charge in [0.25, 0.3) is 0 Å². The van der Waals surface area contributed by atoms with Gasteiger partial charge in [0.05, 0.1) is 24.9 Å². The minimum absolute atomic E-state index is 0.0210. The number of nitrogens with one attached hydrogen (secondary N) is 1. The molecular weight excluding hydrogens is 369 g/mol. The number of hydrogen-bond donors (Lipinski definition) is 1. The van der Waals surface area contributed by atoms with Gasteiger partial charge in [0.15, 0.2) is 0 Å². The number of halogens is 3. The number of ether oxygens (including phenoxy) is 1. The van der Waals surface area contributed by atoms with Gasteiger partial charge in [-0.15, -0.1) is 0 Å². The molecule has 1 saturated heterocycles. The van der Waals surface area contributed by atoms with Crippen LogP contribution in [0.25, 0.3) is 0 Å². The average molecular weight is 394 g/mol. The summed E-state index contributed by atoms with van der Waals surface area (Å²) in [6.07, 6.45) is -5.01. The third kappa shape index (κ3) is 5.94. The summed E-state index contributed by atoms with van der Waals surface area (Å²) in [4.78, 5) is 1.96. The number of sulfonamides is 1. The van der Waals surface area contributed by atoms with Crippen molar-refractivity contribution in [2.24, 2.45) is 5.92 Å². The van der Waals surface area contributed by atoms with E-state index in [1.165, 1.54) is 24.3 Å². The fraction of sp³-hybridized carbons (Fsp3) is 0.647. The highest BCUT2D eigenvalue weighted by atomic mass is 32.2. The lowest BCUT2D eigenvalue weighted by Crippen LogP contribution is -2.41. The average Bonchev–Trinajstić information content (AvgIpc) is 3.02. The van der Waals surface area contributed by atoms with Crippen molar-refractivity contribution < 1.29 is 26.3 Å². The maximum atomic E-state index is 13.3. The van der Waals surface area contributed by atoms with E-state index in [-0.39, 0.29) is 24.1 Å². The molecule has 0 radical (unpaired) electrons. The van der Waals surface area contributed by atoms with Gasteiger partial charge in [-0.2, -0.15) is 13.2 Å². The summed E-state index contributed by atoms with van der Waals surface area (Å²) in [5.41, 5.74) is 0.0760. The van der Waals surface area contributed by atoms with Crippen molar-refractivity contribution in [3.8, 4) is 0 Å². The van der Waals surface area contributed by atoms with Crippen molar-refractivity contribution in [2.45, 2.75) is 24.6 Å². The number of likely N-dealkylation sites (N-methyl/N-ethyl adjacent to an activating group) is 1. The lowest BCUT2D eigenvalue weighted by Gasteiger charge is -2.24. The molecule has 0 spiro atoms. The van der Waals surface area contributed by atoms with Crippen molar-refractivity contribution in [3.05, 3.63) is 35.9 Å². The van der Waals surface area contributed by atoms with Crippen LogP contribution in [-0.4, -0.2) is 65.1 Å². The maximum absolute atomic E-state index is 13.3. The van der Waals surface area contributed by atoms with Crippen LogP contribution in [0.15, 0.2) is 30.3 Å². The smallest absolute Gasteiger partial charge is 0.379 e. The Morgan fingerprint density at radius 1 is 1.23 bits per heavy atom. The summed E-state index contributed by atoms with van der Waals surface area (Å²) in [6, 6.07) is 7.49. The van der Waals surface area contributed by atoms with E-state index in [0.29, 0.717) is 13.2 Å². The number of hydrogen-bond acceptors (Lipinski definition) is 4. The fourth-order valence-corrected chi connectivity index (χ4v) is 4.30. The molecule has 1 aromatic rings. The van der Waals surface area contributed by atoms with E-state index in [0.717, 1.165) is 0 Å². The normalized spacial score (nSPS) is 22.7. The molecule has 0 amide bonds. The molecule has 5 nitrogen and oxygen atoms in total. The number of nitrogens with zero attached hydrogens (tertiary/aromatic N) is 1. The molecule has 1 aliphatic heterocycles. The number of rotatable bonds is 8. The molecule has 0 aliphatic carbocycles.